The van der Waals surface area contributed by atoms with Crippen LogP contribution in [0.4, 0.5) is 5.69 Å². The molecule has 5 nitrogen and oxygen atoms in total. The lowest BCUT2D eigenvalue weighted by Gasteiger charge is -2.27. The average molecular weight is 366 g/mol. The number of amides is 2. The first-order valence-corrected chi connectivity index (χ1v) is 9.43. The van der Waals surface area contributed by atoms with Gasteiger partial charge in [0.1, 0.15) is 11.8 Å². The van der Waals surface area contributed by atoms with Gasteiger partial charge in [-0.3, -0.25) is 9.59 Å². The maximum atomic E-state index is 13.1. The molecule has 0 bridgehead atoms. The van der Waals surface area contributed by atoms with Crippen LogP contribution in [0.3, 0.4) is 0 Å². The van der Waals surface area contributed by atoms with Gasteiger partial charge in [0, 0.05) is 12.2 Å². The van der Waals surface area contributed by atoms with E-state index in [0.717, 1.165) is 17.9 Å². The van der Waals surface area contributed by atoms with Crippen molar-refractivity contribution >= 4 is 17.5 Å². The van der Waals surface area contributed by atoms with Crippen molar-refractivity contribution in [2.75, 3.05) is 18.1 Å². The minimum Gasteiger partial charge on any atom is -0.493 e. The molecule has 5 heteroatoms. The highest BCUT2D eigenvalue weighted by molar-refractivity contribution is 6.00. The van der Waals surface area contributed by atoms with Gasteiger partial charge in [0.15, 0.2) is 0 Å². The van der Waals surface area contributed by atoms with Crippen molar-refractivity contribution in [2.45, 2.75) is 32.7 Å². The molecule has 142 valence electrons. The number of anilines is 1. The molecule has 1 heterocycles. The number of para-hydroxylation sites is 2. The minimum atomic E-state index is -0.541. The second kappa shape index (κ2) is 8.71. The zero-order chi connectivity index (χ0) is 19.2. The first-order valence-electron chi connectivity index (χ1n) is 9.43. The summed E-state index contributed by atoms with van der Waals surface area (Å²) in [6.45, 7) is 4.84. The third kappa shape index (κ3) is 4.67. The molecule has 0 aromatic heterocycles. The van der Waals surface area contributed by atoms with E-state index in [1.165, 1.54) is 5.56 Å². The Balaban J connectivity index is 1.57. The monoisotopic (exact) mass is 366 g/mol. The van der Waals surface area contributed by atoms with Gasteiger partial charge in [0.2, 0.25) is 11.8 Å². The highest BCUT2D eigenvalue weighted by atomic mass is 16.5. The summed E-state index contributed by atoms with van der Waals surface area (Å²) in [5.74, 6) is 0.512. The van der Waals surface area contributed by atoms with E-state index in [4.69, 9.17) is 4.74 Å². The summed E-state index contributed by atoms with van der Waals surface area (Å²) in [6, 6.07) is 16.8. The van der Waals surface area contributed by atoms with Crippen molar-refractivity contribution in [3.63, 3.8) is 0 Å². The number of rotatable bonds is 7. The number of hydrogen-bond acceptors (Lipinski definition) is 3. The van der Waals surface area contributed by atoms with Gasteiger partial charge in [-0.2, -0.15) is 0 Å². The number of nitrogens with one attached hydrogen (secondary N) is 1. The molecule has 2 aromatic rings. The van der Waals surface area contributed by atoms with Gasteiger partial charge in [0.05, 0.1) is 13.0 Å². The van der Waals surface area contributed by atoms with Crippen LogP contribution in [0.1, 0.15) is 25.8 Å². The zero-order valence-corrected chi connectivity index (χ0v) is 15.9. The summed E-state index contributed by atoms with van der Waals surface area (Å²) in [5, 5.41) is 2.90. The van der Waals surface area contributed by atoms with Crippen LogP contribution in [0, 0.1) is 5.92 Å². The SMILES string of the molecule is CC(C)[C@@H](NC(=O)CCOc1ccccc1)C(=O)N1CCc2ccccc21. The van der Waals surface area contributed by atoms with E-state index in [2.05, 4.69) is 5.32 Å². The predicted molar refractivity (Wildman–Crippen MR) is 106 cm³/mol. The Kier molecular flexibility index (Phi) is 6.12. The van der Waals surface area contributed by atoms with Crippen LogP contribution >= 0.6 is 0 Å². The van der Waals surface area contributed by atoms with Crippen LogP contribution in [0.5, 0.6) is 5.75 Å². The van der Waals surface area contributed by atoms with E-state index in [9.17, 15) is 9.59 Å². The van der Waals surface area contributed by atoms with E-state index < -0.39 is 6.04 Å². The predicted octanol–water partition coefficient (Wildman–Crippen LogP) is 3.19. The summed E-state index contributed by atoms with van der Waals surface area (Å²) < 4.78 is 5.57. The molecule has 27 heavy (non-hydrogen) atoms. The molecule has 0 aliphatic carbocycles. The fourth-order valence-corrected chi connectivity index (χ4v) is 3.27. The van der Waals surface area contributed by atoms with Gasteiger partial charge >= 0.3 is 0 Å². The first kappa shape index (κ1) is 19.0. The van der Waals surface area contributed by atoms with Crippen molar-refractivity contribution in [3.05, 3.63) is 60.2 Å². The van der Waals surface area contributed by atoms with Gasteiger partial charge in [-0.05, 0) is 36.1 Å². The molecular weight excluding hydrogens is 340 g/mol. The fraction of sp³-hybridized carbons (Fsp3) is 0.364. The largest absolute Gasteiger partial charge is 0.493 e. The van der Waals surface area contributed by atoms with Crippen molar-refractivity contribution in [3.8, 4) is 5.75 Å². The molecular formula is C22H26N2O3. The first-order chi connectivity index (χ1) is 13.1. The van der Waals surface area contributed by atoms with Crippen molar-refractivity contribution in [1.29, 1.82) is 0 Å². The third-order valence-electron chi connectivity index (χ3n) is 4.74. The van der Waals surface area contributed by atoms with Gasteiger partial charge in [-0.1, -0.05) is 50.2 Å². The number of benzene rings is 2. The molecule has 1 aliphatic rings. The van der Waals surface area contributed by atoms with Gasteiger partial charge < -0.3 is 15.0 Å². The zero-order valence-electron chi connectivity index (χ0n) is 15.9. The standard InChI is InChI=1S/C22H26N2O3/c1-16(2)21(22(26)24-14-12-17-8-6-7-11-19(17)24)23-20(25)13-15-27-18-9-4-3-5-10-18/h3-11,16,21H,12-15H2,1-2H3,(H,23,25)/t21-/m1/s1. The fourth-order valence-electron chi connectivity index (χ4n) is 3.27. The average Bonchev–Trinajstić information content (AvgIpc) is 3.10. The normalized spacial score (nSPS) is 14.0. The number of ether oxygens (including phenoxy) is 1. The van der Waals surface area contributed by atoms with Crippen molar-refractivity contribution < 1.29 is 14.3 Å². The Morgan fingerprint density at radius 2 is 1.78 bits per heavy atom. The van der Waals surface area contributed by atoms with Crippen molar-refractivity contribution in [1.82, 2.24) is 5.32 Å². The second-order valence-corrected chi connectivity index (χ2v) is 7.07. The van der Waals surface area contributed by atoms with Crippen LogP contribution in [-0.4, -0.2) is 31.0 Å². The highest BCUT2D eigenvalue weighted by Crippen LogP contribution is 2.28. The number of carbonyl (C=O) groups excluding carboxylic acids is 2. The number of nitrogens with zero attached hydrogens (tertiary/aromatic N) is 1. The topological polar surface area (TPSA) is 58.6 Å². The third-order valence-corrected chi connectivity index (χ3v) is 4.74. The molecule has 1 atom stereocenters. The maximum Gasteiger partial charge on any atom is 0.249 e. The summed E-state index contributed by atoms with van der Waals surface area (Å²) in [6.07, 6.45) is 1.06. The smallest absolute Gasteiger partial charge is 0.249 e. The second-order valence-electron chi connectivity index (χ2n) is 7.07. The molecule has 1 aliphatic heterocycles. The molecule has 0 saturated carbocycles. The Labute approximate surface area is 160 Å². The maximum absolute atomic E-state index is 13.1. The Hall–Kier alpha value is -2.82. The van der Waals surface area contributed by atoms with Crippen LogP contribution < -0.4 is 15.0 Å². The molecule has 0 radical (unpaired) electrons. The van der Waals surface area contributed by atoms with Crippen LogP contribution in [0.25, 0.3) is 0 Å². The van der Waals surface area contributed by atoms with Crippen LogP contribution in [0.15, 0.2) is 54.6 Å². The van der Waals surface area contributed by atoms with E-state index in [1.807, 2.05) is 68.4 Å². The van der Waals surface area contributed by atoms with Gasteiger partial charge in [0.25, 0.3) is 0 Å². The Morgan fingerprint density at radius 1 is 1.07 bits per heavy atom. The highest BCUT2D eigenvalue weighted by Gasteiger charge is 2.32. The number of hydrogen-bond donors (Lipinski definition) is 1. The lowest BCUT2D eigenvalue weighted by atomic mass is 10.0. The molecule has 2 aromatic carbocycles. The molecule has 1 N–H and O–H groups in total. The quantitative estimate of drug-likeness (QED) is 0.819. The summed E-state index contributed by atoms with van der Waals surface area (Å²) in [7, 11) is 0. The molecule has 3 rings (SSSR count). The number of fused-ring (bicyclic) bond motifs is 1. The van der Waals surface area contributed by atoms with Crippen molar-refractivity contribution in [2.24, 2.45) is 5.92 Å². The summed E-state index contributed by atoms with van der Waals surface area (Å²) in [5.41, 5.74) is 2.13. The Morgan fingerprint density at radius 3 is 2.52 bits per heavy atom. The Bertz CT molecular complexity index is 789. The van der Waals surface area contributed by atoms with E-state index in [-0.39, 0.29) is 30.8 Å². The lowest BCUT2D eigenvalue weighted by molar-refractivity contribution is -0.128. The lowest BCUT2D eigenvalue weighted by Crippen LogP contribution is -2.51. The number of carbonyl (C=O) groups is 2. The molecule has 0 spiro atoms. The van der Waals surface area contributed by atoms with Gasteiger partial charge in [-0.15, -0.1) is 0 Å². The summed E-state index contributed by atoms with van der Waals surface area (Å²) >= 11 is 0. The van der Waals surface area contributed by atoms with Crippen LogP contribution in [-0.2, 0) is 16.0 Å². The van der Waals surface area contributed by atoms with E-state index >= 15 is 0 Å². The summed E-state index contributed by atoms with van der Waals surface area (Å²) in [4.78, 5) is 27.2. The van der Waals surface area contributed by atoms with Crippen LogP contribution in [0.2, 0.25) is 0 Å². The minimum absolute atomic E-state index is 0.00394. The molecule has 2 amide bonds. The van der Waals surface area contributed by atoms with E-state index in [0.29, 0.717) is 6.54 Å². The van der Waals surface area contributed by atoms with Gasteiger partial charge in [-0.25, -0.2) is 0 Å². The van der Waals surface area contributed by atoms with E-state index in [1.54, 1.807) is 4.90 Å². The molecule has 0 unspecified atom stereocenters. The molecule has 0 fully saturated rings. The molecule has 0 saturated heterocycles.